The van der Waals surface area contributed by atoms with E-state index in [1.54, 1.807) is 0 Å². The second kappa shape index (κ2) is 3.03. The lowest BCUT2D eigenvalue weighted by atomic mass is 10.3. The second-order valence-electron chi connectivity index (χ2n) is 1.37. The highest BCUT2D eigenvalue weighted by molar-refractivity contribution is 6.91. The lowest BCUT2D eigenvalue weighted by molar-refractivity contribution is -0.143. The van der Waals surface area contributed by atoms with E-state index in [2.05, 4.69) is 0 Å². The van der Waals surface area contributed by atoms with Crippen LogP contribution in [0.5, 0.6) is 0 Å². The first-order chi connectivity index (χ1) is 4.09. The van der Waals surface area contributed by atoms with Crippen molar-refractivity contribution in [2.75, 3.05) is 0 Å². The van der Waals surface area contributed by atoms with Crippen LogP contribution in [0.25, 0.3) is 0 Å². The molecule has 0 aromatic rings. The molecule has 0 amide bonds. The van der Waals surface area contributed by atoms with E-state index in [0.29, 0.717) is 0 Å². The zero-order chi connectivity index (χ0) is 7.44. The Bertz CT molecular complexity index is 183. The number of ketones is 2. The van der Waals surface area contributed by atoms with Gasteiger partial charge in [0.05, 0.1) is 10.2 Å². The number of hydrogen-bond acceptors (Lipinski definition) is 4. The summed E-state index contributed by atoms with van der Waals surface area (Å²) in [5.74, 6) is -2.45. The Hall–Kier alpha value is -1.10. The van der Waals surface area contributed by atoms with Gasteiger partial charge in [-0.2, -0.15) is 0 Å². The third kappa shape index (κ3) is 2.09. The molecule has 0 saturated heterocycles. The average Bonchev–Trinajstić information content (AvgIpc) is 1.84. The highest BCUT2D eigenvalue weighted by atomic mass is 28.1. The van der Waals surface area contributed by atoms with E-state index in [1.807, 2.05) is 0 Å². The molecule has 0 N–H and O–H groups in total. The van der Waals surface area contributed by atoms with E-state index in [-0.39, 0.29) is 16.5 Å². The topological polar surface area (TPSA) is 68.3 Å². The van der Waals surface area contributed by atoms with Crippen molar-refractivity contribution in [3.05, 3.63) is 0 Å². The Morgan fingerprint density at radius 1 is 1.22 bits per heavy atom. The minimum Gasteiger partial charge on any atom is -0.297 e. The molecule has 0 aromatic carbocycles. The van der Waals surface area contributed by atoms with Gasteiger partial charge in [0.2, 0.25) is 0 Å². The van der Waals surface area contributed by atoms with E-state index in [9.17, 15) is 19.2 Å². The monoisotopic (exact) mass is 144 g/mol. The number of carbonyl (C=O) groups excluding carboxylic acids is 4. The molecule has 5 heteroatoms. The number of hydrogen-bond donors (Lipinski definition) is 0. The highest BCUT2D eigenvalue weighted by Crippen LogP contribution is 1.70. The minimum atomic E-state index is -1.25. The van der Waals surface area contributed by atoms with Gasteiger partial charge in [-0.05, 0) is 0 Å². The Morgan fingerprint density at radius 3 is 1.78 bits per heavy atom. The van der Waals surface area contributed by atoms with Gasteiger partial charge < -0.3 is 0 Å². The van der Waals surface area contributed by atoms with E-state index in [4.69, 9.17) is 0 Å². The maximum absolute atomic E-state index is 10.2. The van der Waals surface area contributed by atoms with Gasteiger partial charge in [-0.15, -0.1) is 0 Å². The van der Waals surface area contributed by atoms with Gasteiger partial charge in [-0.25, -0.2) is 0 Å². The fourth-order valence-electron chi connectivity index (χ4n) is 0.227. The molecular weight excluding hydrogens is 140 g/mol. The summed E-state index contributed by atoms with van der Waals surface area (Å²) in [5.41, 5.74) is 0. The summed E-state index contributed by atoms with van der Waals surface area (Å²) >= 11 is 0. The van der Waals surface area contributed by atoms with Crippen molar-refractivity contribution in [1.29, 1.82) is 0 Å². The van der Waals surface area contributed by atoms with Crippen LogP contribution in [0.15, 0.2) is 0 Å². The third-order valence-corrected chi connectivity index (χ3v) is 1.10. The lowest BCUT2D eigenvalue weighted by Crippen LogP contribution is -2.24. The summed E-state index contributed by atoms with van der Waals surface area (Å²) in [6, 6.07) is 0. The molecule has 0 aromatic heterocycles. The molecule has 0 unspecified atom stereocenters. The first-order valence-electron chi connectivity index (χ1n) is 2.14. The number of rotatable bonds is 3. The molecule has 0 rings (SSSR count). The Morgan fingerprint density at radius 2 is 1.67 bits per heavy atom. The number of Topliss-reactive ketones (excluding diaryl/α,β-unsaturated/α-hetero) is 2. The summed E-state index contributed by atoms with van der Waals surface area (Å²) in [7, 11) is -0.0130. The molecule has 0 aliphatic rings. The third-order valence-electron chi connectivity index (χ3n) is 0.651. The van der Waals surface area contributed by atoms with Gasteiger partial charge in [0.15, 0.2) is 11.7 Å². The number of aldehydes is 1. The molecule has 0 aliphatic carbocycles. The molecule has 0 bridgehead atoms. The molecule has 0 aliphatic heterocycles. The van der Waals surface area contributed by atoms with Gasteiger partial charge in [-0.1, -0.05) is 0 Å². The summed E-state index contributed by atoms with van der Waals surface area (Å²) in [6.07, 6.45) is -0.155. The van der Waals surface area contributed by atoms with Gasteiger partial charge in [0.1, 0.15) is 0 Å². The van der Waals surface area contributed by atoms with Crippen LogP contribution in [-0.2, 0) is 19.2 Å². The van der Waals surface area contributed by atoms with Crippen LogP contribution >= 0.6 is 0 Å². The van der Waals surface area contributed by atoms with Crippen molar-refractivity contribution in [2.45, 2.75) is 0 Å². The zero-order valence-electron chi connectivity index (χ0n) is 4.71. The predicted molar refractivity (Wildman–Crippen MR) is 31.0 cm³/mol. The summed E-state index contributed by atoms with van der Waals surface area (Å²) in [6.45, 7) is 0. The minimum absolute atomic E-state index is 0.0130. The molecule has 0 spiro atoms. The molecule has 0 saturated carbocycles. The van der Waals surface area contributed by atoms with E-state index < -0.39 is 17.0 Å². The molecule has 0 heterocycles. The molecule has 9 heavy (non-hydrogen) atoms. The summed E-state index contributed by atoms with van der Waals surface area (Å²) < 4.78 is 0. The fourth-order valence-corrected chi connectivity index (χ4v) is 0.473. The molecular formula is C4H4O4Si. The van der Waals surface area contributed by atoms with Crippen molar-refractivity contribution in [1.82, 2.24) is 0 Å². The summed E-state index contributed by atoms with van der Waals surface area (Å²) in [4.78, 5) is 39.8. The molecule has 0 fully saturated rings. The van der Waals surface area contributed by atoms with Crippen LogP contribution in [0.2, 0.25) is 0 Å². The number of carbonyl (C=O) groups is 4. The SMILES string of the molecule is O=CC(=O)C(=O)C(=O)[SiH3]. The Balaban J connectivity index is 4.22. The van der Waals surface area contributed by atoms with Gasteiger partial charge in [0.25, 0.3) is 11.6 Å². The zero-order valence-corrected chi connectivity index (χ0v) is 6.71. The maximum Gasteiger partial charge on any atom is 0.268 e. The molecule has 0 radical (unpaired) electrons. The Labute approximate surface area is 53.7 Å². The Kier molecular flexibility index (Phi) is 2.66. The van der Waals surface area contributed by atoms with E-state index in [0.717, 1.165) is 0 Å². The van der Waals surface area contributed by atoms with Crippen molar-refractivity contribution < 1.29 is 19.2 Å². The second-order valence-corrected chi connectivity index (χ2v) is 2.28. The maximum atomic E-state index is 10.2. The smallest absolute Gasteiger partial charge is 0.268 e. The van der Waals surface area contributed by atoms with Crippen LogP contribution in [0.3, 0.4) is 0 Å². The summed E-state index contributed by atoms with van der Waals surface area (Å²) in [5, 5.41) is -0.771. The molecule has 48 valence electrons. The standard InChI is InChI=1S/C4H4O4Si/c5-1-2(6)3(7)4(8)9/h1H,9H3. The van der Waals surface area contributed by atoms with Crippen molar-refractivity contribution in [2.24, 2.45) is 0 Å². The van der Waals surface area contributed by atoms with Gasteiger partial charge in [0, 0.05) is 0 Å². The van der Waals surface area contributed by atoms with Gasteiger partial charge in [-0.3, -0.25) is 19.2 Å². The quantitative estimate of drug-likeness (QED) is 0.186. The van der Waals surface area contributed by atoms with Crippen molar-refractivity contribution in [3.63, 3.8) is 0 Å². The van der Waals surface area contributed by atoms with E-state index >= 15 is 0 Å². The first-order valence-corrected chi connectivity index (χ1v) is 3.14. The first kappa shape index (κ1) is 7.90. The van der Waals surface area contributed by atoms with Gasteiger partial charge >= 0.3 is 0 Å². The van der Waals surface area contributed by atoms with Crippen LogP contribution in [0.1, 0.15) is 0 Å². The largest absolute Gasteiger partial charge is 0.297 e. The van der Waals surface area contributed by atoms with Crippen LogP contribution < -0.4 is 0 Å². The fraction of sp³-hybridized carbons (Fsp3) is 0. The van der Waals surface area contributed by atoms with Crippen LogP contribution in [0.4, 0.5) is 0 Å². The predicted octanol–water partition coefficient (Wildman–Crippen LogP) is -2.78. The van der Waals surface area contributed by atoms with Crippen molar-refractivity contribution in [3.8, 4) is 0 Å². The van der Waals surface area contributed by atoms with Crippen molar-refractivity contribution >= 4 is 33.5 Å². The van der Waals surface area contributed by atoms with Crippen LogP contribution in [0, 0.1) is 0 Å². The molecule has 4 nitrogen and oxygen atoms in total. The lowest BCUT2D eigenvalue weighted by Gasteiger charge is -1.81. The molecule has 0 atom stereocenters. The van der Waals surface area contributed by atoms with E-state index in [1.165, 1.54) is 0 Å². The highest BCUT2D eigenvalue weighted by Gasteiger charge is 2.15. The average molecular weight is 144 g/mol. The van der Waals surface area contributed by atoms with Crippen LogP contribution in [-0.4, -0.2) is 33.5 Å². The normalized spacial score (nSPS) is 8.44.